The maximum absolute atomic E-state index is 10.8. The molecule has 0 heterocycles. The molecule has 0 aliphatic carbocycles. The van der Waals surface area contributed by atoms with Gasteiger partial charge < -0.3 is 0 Å². The average Bonchev–Trinajstić information content (AvgIpc) is 1.82. The van der Waals surface area contributed by atoms with Crippen LogP contribution in [0.25, 0.3) is 0 Å². The molecule has 0 aromatic carbocycles. The molecular weight excluding hydrogens is 260 g/mol. The van der Waals surface area contributed by atoms with Gasteiger partial charge in [-0.15, -0.1) is 0 Å². The third-order valence-corrected chi connectivity index (χ3v) is 1.42. The summed E-state index contributed by atoms with van der Waals surface area (Å²) in [4.78, 5) is 10.8. The van der Waals surface area contributed by atoms with Crippen LogP contribution in [-0.4, -0.2) is 9.52 Å². The van der Waals surface area contributed by atoms with Crippen LogP contribution in [0.3, 0.4) is 0 Å². The first-order chi connectivity index (χ1) is 4.66. The SMILES string of the molecule is C=CC=CC(=O)CC(Br)Br. The second-order valence-corrected chi connectivity index (χ2v) is 5.10. The van der Waals surface area contributed by atoms with Crippen LogP contribution in [0, 0.1) is 0 Å². The van der Waals surface area contributed by atoms with Gasteiger partial charge in [0, 0.05) is 6.42 Å². The number of carbonyl (C=O) groups excluding carboxylic acids is 1. The fourth-order valence-electron chi connectivity index (χ4n) is 0.395. The normalized spacial score (nSPS) is 10.7. The first kappa shape index (κ1) is 10.1. The molecule has 0 spiro atoms. The Kier molecular flexibility index (Phi) is 5.93. The van der Waals surface area contributed by atoms with Crippen LogP contribution in [0.2, 0.25) is 0 Å². The number of hydrogen-bond acceptors (Lipinski definition) is 1. The molecule has 0 amide bonds. The molecule has 0 saturated heterocycles. The van der Waals surface area contributed by atoms with E-state index in [-0.39, 0.29) is 9.52 Å². The van der Waals surface area contributed by atoms with Gasteiger partial charge in [-0.05, 0) is 6.08 Å². The number of rotatable bonds is 4. The van der Waals surface area contributed by atoms with Gasteiger partial charge in [-0.3, -0.25) is 4.79 Å². The lowest BCUT2D eigenvalue weighted by Crippen LogP contribution is -1.97. The molecule has 0 bridgehead atoms. The Labute approximate surface area is 77.4 Å². The minimum atomic E-state index is 0.0713. The summed E-state index contributed by atoms with van der Waals surface area (Å²) >= 11 is 6.41. The molecule has 0 unspecified atom stereocenters. The Balaban J connectivity index is 3.64. The maximum atomic E-state index is 10.8. The molecule has 0 fully saturated rings. The van der Waals surface area contributed by atoms with Gasteiger partial charge in [0.25, 0.3) is 0 Å². The summed E-state index contributed by atoms with van der Waals surface area (Å²) < 4.78 is 0.0713. The Bertz CT molecular complexity index is 150. The number of alkyl halides is 2. The zero-order valence-corrected chi connectivity index (χ0v) is 8.56. The van der Waals surface area contributed by atoms with Gasteiger partial charge >= 0.3 is 0 Å². The summed E-state index contributed by atoms with van der Waals surface area (Å²) in [6.07, 6.45) is 5.17. The molecule has 0 aliphatic rings. The smallest absolute Gasteiger partial charge is 0.157 e. The minimum Gasteiger partial charge on any atom is -0.295 e. The molecule has 0 rings (SSSR count). The molecule has 0 aliphatic heterocycles. The zero-order chi connectivity index (χ0) is 7.98. The van der Waals surface area contributed by atoms with Gasteiger partial charge in [0.05, 0.1) is 3.74 Å². The lowest BCUT2D eigenvalue weighted by atomic mass is 10.3. The second-order valence-electron chi connectivity index (χ2n) is 1.66. The van der Waals surface area contributed by atoms with Crippen molar-refractivity contribution in [3.05, 3.63) is 24.8 Å². The lowest BCUT2D eigenvalue weighted by Gasteiger charge is -1.93. The summed E-state index contributed by atoms with van der Waals surface area (Å²) in [5, 5.41) is 0. The molecule has 0 radical (unpaired) electrons. The molecule has 56 valence electrons. The first-order valence-corrected chi connectivity index (χ1v) is 4.60. The van der Waals surface area contributed by atoms with E-state index in [1.54, 1.807) is 12.2 Å². The molecule has 0 atom stereocenters. The van der Waals surface area contributed by atoms with Crippen molar-refractivity contribution in [3.63, 3.8) is 0 Å². The molecule has 0 N–H and O–H groups in total. The van der Waals surface area contributed by atoms with Gasteiger partial charge in [-0.2, -0.15) is 0 Å². The van der Waals surface area contributed by atoms with Crippen molar-refractivity contribution in [1.29, 1.82) is 0 Å². The van der Waals surface area contributed by atoms with E-state index in [2.05, 4.69) is 38.4 Å². The predicted molar refractivity (Wildman–Crippen MR) is 50.6 cm³/mol. The summed E-state index contributed by atoms with van der Waals surface area (Å²) in [7, 11) is 0. The highest BCUT2D eigenvalue weighted by atomic mass is 79.9. The van der Waals surface area contributed by atoms with Crippen LogP contribution in [0.5, 0.6) is 0 Å². The maximum Gasteiger partial charge on any atom is 0.157 e. The van der Waals surface area contributed by atoms with Crippen molar-refractivity contribution in [1.82, 2.24) is 0 Å². The highest BCUT2D eigenvalue weighted by Gasteiger charge is 2.01. The van der Waals surface area contributed by atoms with Gasteiger partial charge in [-0.1, -0.05) is 50.6 Å². The molecule has 3 heteroatoms. The summed E-state index contributed by atoms with van der Waals surface area (Å²) in [6, 6.07) is 0. The van der Waals surface area contributed by atoms with Crippen LogP contribution < -0.4 is 0 Å². The molecular formula is C7H8Br2O. The average molecular weight is 268 g/mol. The Morgan fingerprint density at radius 3 is 2.60 bits per heavy atom. The second kappa shape index (κ2) is 5.86. The lowest BCUT2D eigenvalue weighted by molar-refractivity contribution is -0.114. The van der Waals surface area contributed by atoms with Gasteiger partial charge in [0.2, 0.25) is 0 Å². The van der Waals surface area contributed by atoms with E-state index in [0.717, 1.165) is 0 Å². The molecule has 1 nitrogen and oxygen atoms in total. The van der Waals surface area contributed by atoms with Gasteiger partial charge in [0.1, 0.15) is 0 Å². The first-order valence-electron chi connectivity index (χ1n) is 2.77. The third-order valence-electron chi connectivity index (χ3n) is 0.774. The largest absolute Gasteiger partial charge is 0.295 e. The molecule has 0 saturated carbocycles. The van der Waals surface area contributed by atoms with Crippen molar-refractivity contribution in [2.24, 2.45) is 0 Å². The van der Waals surface area contributed by atoms with E-state index in [0.29, 0.717) is 6.42 Å². The van der Waals surface area contributed by atoms with Crippen LogP contribution >= 0.6 is 31.9 Å². The van der Waals surface area contributed by atoms with E-state index in [1.165, 1.54) is 6.08 Å². The number of hydrogen-bond donors (Lipinski definition) is 0. The third kappa shape index (κ3) is 6.23. The van der Waals surface area contributed by atoms with Crippen molar-refractivity contribution in [2.75, 3.05) is 0 Å². The van der Waals surface area contributed by atoms with Crippen molar-refractivity contribution >= 4 is 37.6 Å². The number of ketones is 1. The van der Waals surface area contributed by atoms with E-state index >= 15 is 0 Å². The highest BCUT2D eigenvalue weighted by molar-refractivity contribution is 9.24. The van der Waals surface area contributed by atoms with E-state index in [1.807, 2.05) is 0 Å². The Morgan fingerprint density at radius 2 is 2.20 bits per heavy atom. The van der Waals surface area contributed by atoms with Crippen LogP contribution in [0.15, 0.2) is 24.8 Å². The molecule has 0 aromatic rings. The van der Waals surface area contributed by atoms with Crippen LogP contribution in [-0.2, 0) is 4.79 Å². The number of allylic oxidation sites excluding steroid dienone is 3. The molecule has 0 aromatic heterocycles. The van der Waals surface area contributed by atoms with Crippen LogP contribution in [0.4, 0.5) is 0 Å². The highest BCUT2D eigenvalue weighted by Crippen LogP contribution is 2.12. The fraction of sp³-hybridized carbons (Fsp3) is 0.286. The summed E-state index contributed by atoms with van der Waals surface area (Å²) in [5.74, 6) is 0.0821. The van der Waals surface area contributed by atoms with E-state index in [9.17, 15) is 4.79 Å². The van der Waals surface area contributed by atoms with E-state index < -0.39 is 0 Å². The quantitative estimate of drug-likeness (QED) is 0.435. The van der Waals surface area contributed by atoms with Crippen molar-refractivity contribution in [3.8, 4) is 0 Å². The van der Waals surface area contributed by atoms with Gasteiger partial charge in [0.15, 0.2) is 5.78 Å². The molecule has 10 heavy (non-hydrogen) atoms. The minimum absolute atomic E-state index is 0.0713. The fourth-order valence-corrected chi connectivity index (χ4v) is 1.03. The number of carbonyl (C=O) groups is 1. The van der Waals surface area contributed by atoms with Crippen molar-refractivity contribution < 1.29 is 4.79 Å². The van der Waals surface area contributed by atoms with Crippen molar-refractivity contribution in [2.45, 2.75) is 10.2 Å². The van der Waals surface area contributed by atoms with E-state index in [4.69, 9.17) is 0 Å². The summed E-state index contributed by atoms with van der Waals surface area (Å²) in [5.41, 5.74) is 0. The van der Waals surface area contributed by atoms with Gasteiger partial charge in [-0.25, -0.2) is 0 Å². The monoisotopic (exact) mass is 266 g/mol. The Morgan fingerprint density at radius 1 is 1.60 bits per heavy atom. The number of halogens is 2. The van der Waals surface area contributed by atoms with Crippen LogP contribution in [0.1, 0.15) is 6.42 Å². The Hall–Kier alpha value is 0.110. The topological polar surface area (TPSA) is 17.1 Å². The zero-order valence-electron chi connectivity index (χ0n) is 5.39. The predicted octanol–water partition coefficient (Wildman–Crippen LogP) is 2.80. The summed E-state index contributed by atoms with van der Waals surface area (Å²) in [6.45, 7) is 3.45. The standard InChI is InChI=1S/C7H8Br2O/c1-2-3-4-6(10)5-7(8)9/h2-4,7H,1,5H2.